The Morgan fingerprint density at radius 2 is 1.88 bits per heavy atom. The van der Waals surface area contributed by atoms with Crippen molar-refractivity contribution in [1.29, 1.82) is 0 Å². The van der Waals surface area contributed by atoms with Crippen LogP contribution in [-0.2, 0) is 20.9 Å². The molecule has 0 aromatic heterocycles. The summed E-state index contributed by atoms with van der Waals surface area (Å²) in [6, 6.07) is 10.1. The lowest BCUT2D eigenvalue weighted by atomic mass is 9.43. The van der Waals surface area contributed by atoms with Gasteiger partial charge >= 0.3 is 0 Å². The van der Waals surface area contributed by atoms with Gasteiger partial charge in [-0.3, -0.25) is 4.79 Å². The van der Waals surface area contributed by atoms with Gasteiger partial charge in [-0.15, -0.1) is 0 Å². The molecule has 1 aromatic rings. The van der Waals surface area contributed by atoms with Crippen LogP contribution in [0.15, 0.2) is 30.3 Å². The minimum Gasteiger partial charge on any atom is -0.396 e. The Labute approximate surface area is 198 Å². The second-order valence-electron chi connectivity index (χ2n) is 11.5. The highest BCUT2D eigenvalue weighted by molar-refractivity contribution is 5.85. The van der Waals surface area contributed by atoms with E-state index in [2.05, 4.69) is 27.7 Å². The predicted octanol–water partition coefficient (Wildman–Crippen LogP) is 4.74. The first-order valence-corrected chi connectivity index (χ1v) is 12.8. The maximum absolute atomic E-state index is 13.3. The monoisotopic (exact) mass is 458 g/mol. The summed E-state index contributed by atoms with van der Waals surface area (Å²) < 4.78 is 12.4. The van der Waals surface area contributed by atoms with Gasteiger partial charge in [0.1, 0.15) is 12.6 Å². The first-order chi connectivity index (χ1) is 15.7. The molecule has 4 rings (SSSR count). The van der Waals surface area contributed by atoms with Crippen LogP contribution in [0.25, 0.3) is 0 Å². The van der Waals surface area contributed by atoms with Crippen LogP contribution in [0.5, 0.6) is 0 Å². The van der Waals surface area contributed by atoms with Gasteiger partial charge in [0.05, 0.1) is 18.8 Å². The molecule has 1 unspecified atom stereocenters. The number of aliphatic hydroxyl groups is 2. The standard InChI is InChI=1S/C28H42O5/c1-5-26(3)15-23(31)27(4)21(16-29)11-13-28(14-12-22(30)24(27)28)19(2)25(26)33-18-32-17-20-9-7-6-8-10-20/h6-10,19,21,23-25,29,31H,5,11-18H2,1-4H3/t19-,21-,23+,24?,25-,26-,27-,28-/m0/s1. The van der Waals surface area contributed by atoms with Gasteiger partial charge in [0, 0.05) is 24.4 Å². The topological polar surface area (TPSA) is 76.0 Å². The van der Waals surface area contributed by atoms with Crippen molar-refractivity contribution in [3.63, 3.8) is 0 Å². The van der Waals surface area contributed by atoms with Crippen LogP contribution in [0.4, 0.5) is 0 Å². The Morgan fingerprint density at radius 3 is 2.55 bits per heavy atom. The lowest BCUT2D eigenvalue weighted by Crippen LogP contribution is -2.63. The lowest BCUT2D eigenvalue weighted by molar-refractivity contribution is -0.231. The lowest BCUT2D eigenvalue weighted by Gasteiger charge is -2.62. The molecule has 5 nitrogen and oxygen atoms in total. The van der Waals surface area contributed by atoms with Gasteiger partial charge in [-0.05, 0) is 60.3 Å². The Morgan fingerprint density at radius 1 is 1.15 bits per heavy atom. The van der Waals surface area contributed by atoms with Gasteiger partial charge in [0.15, 0.2) is 0 Å². The third kappa shape index (κ3) is 3.99. The maximum atomic E-state index is 13.3. The molecule has 0 saturated heterocycles. The number of rotatable bonds is 7. The van der Waals surface area contributed by atoms with Crippen LogP contribution in [-0.4, -0.2) is 41.6 Å². The molecule has 33 heavy (non-hydrogen) atoms. The van der Waals surface area contributed by atoms with Crippen molar-refractivity contribution in [2.45, 2.75) is 85.0 Å². The fourth-order valence-corrected chi connectivity index (χ4v) is 7.89. The molecule has 3 aliphatic rings. The summed E-state index contributed by atoms with van der Waals surface area (Å²) in [4.78, 5) is 13.3. The zero-order chi connectivity index (χ0) is 23.9. The fraction of sp³-hybridized carbons (Fsp3) is 0.750. The Hall–Kier alpha value is -1.27. The SMILES string of the molecule is CC[C@@]1(C)C[C@@H](O)[C@@]2(C)C3C(=O)CC[C@@]3(CC[C@H]2CO)[C@@H](C)[C@@H]1OCOCc1ccccc1. The van der Waals surface area contributed by atoms with E-state index in [1.54, 1.807) is 0 Å². The van der Waals surface area contributed by atoms with Crippen LogP contribution >= 0.6 is 0 Å². The smallest absolute Gasteiger partial charge is 0.147 e. The van der Waals surface area contributed by atoms with Crippen molar-refractivity contribution in [3.05, 3.63) is 35.9 Å². The molecule has 184 valence electrons. The van der Waals surface area contributed by atoms with Crippen molar-refractivity contribution in [2.75, 3.05) is 13.4 Å². The Bertz CT molecular complexity index is 827. The van der Waals surface area contributed by atoms with Crippen LogP contribution in [0, 0.1) is 34.0 Å². The van der Waals surface area contributed by atoms with Gasteiger partial charge in [-0.2, -0.15) is 0 Å². The van der Waals surface area contributed by atoms with Crippen molar-refractivity contribution < 1.29 is 24.5 Å². The van der Waals surface area contributed by atoms with Crippen molar-refractivity contribution in [3.8, 4) is 0 Å². The second kappa shape index (κ2) is 9.41. The summed E-state index contributed by atoms with van der Waals surface area (Å²) in [6.07, 6.45) is 3.82. The van der Waals surface area contributed by atoms with E-state index in [9.17, 15) is 15.0 Å². The second-order valence-corrected chi connectivity index (χ2v) is 11.5. The summed E-state index contributed by atoms with van der Waals surface area (Å²) in [5.74, 6) is 0.151. The fourth-order valence-electron chi connectivity index (χ4n) is 7.89. The number of benzene rings is 1. The Kier molecular flexibility index (Phi) is 7.08. The zero-order valence-corrected chi connectivity index (χ0v) is 20.8. The molecule has 3 fully saturated rings. The van der Waals surface area contributed by atoms with Gasteiger partial charge in [-0.25, -0.2) is 0 Å². The molecule has 0 spiro atoms. The average molecular weight is 459 g/mol. The largest absolute Gasteiger partial charge is 0.396 e. The third-order valence-electron chi connectivity index (χ3n) is 10.1. The molecule has 0 heterocycles. The normalized spacial score (nSPS) is 43.1. The average Bonchev–Trinajstić information content (AvgIpc) is 3.17. The number of Topliss-reactive ketones (excluding diaryl/α,β-unsaturated/α-hetero) is 1. The van der Waals surface area contributed by atoms with Crippen LogP contribution < -0.4 is 0 Å². The molecular formula is C28H42O5. The first-order valence-electron chi connectivity index (χ1n) is 12.8. The molecule has 3 aliphatic carbocycles. The van der Waals surface area contributed by atoms with Gasteiger partial charge in [0.2, 0.25) is 0 Å². The van der Waals surface area contributed by atoms with E-state index in [0.29, 0.717) is 19.4 Å². The highest BCUT2D eigenvalue weighted by Crippen LogP contribution is 2.68. The summed E-state index contributed by atoms with van der Waals surface area (Å²) in [5.41, 5.74) is 0.0648. The summed E-state index contributed by atoms with van der Waals surface area (Å²) in [5, 5.41) is 21.9. The minimum absolute atomic E-state index is 0.0257. The number of aliphatic hydroxyl groups excluding tert-OH is 2. The van der Waals surface area contributed by atoms with Crippen LogP contribution in [0.1, 0.15) is 71.8 Å². The van der Waals surface area contributed by atoms with E-state index in [4.69, 9.17) is 9.47 Å². The summed E-state index contributed by atoms with van der Waals surface area (Å²) in [6.45, 7) is 9.44. The van der Waals surface area contributed by atoms with Gasteiger partial charge < -0.3 is 19.7 Å². The Balaban J connectivity index is 1.63. The molecular weight excluding hydrogens is 416 g/mol. The van der Waals surface area contributed by atoms with Crippen molar-refractivity contribution in [1.82, 2.24) is 0 Å². The molecule has 8 atom stereocenters. The highest BCUT2D eigenvalue weighted by atomic mass is 16.7. The van der Waals surface area contributed by atoms with Crippen LogP contribution in [0.3, 0.4) is 0 Å². The molecule has 0 aliphatic heterocycles. The number of carbonyl (C=O) groups excluding carboxylic acids is 1. The number of ketones is 1. The maximum Gasteiger partial charge on any atom is 0.147 e. The van der Waals surface area contributed by atoms with Gasteiger partial charge in [0.25, 0.3) is 0 Å². The van der Waals surface area contributed by atoms with E-state index in [1.807, 2.05) is 30.3 Å². The molecule has 5 heteroatoms. The van der Waals surface area contributed by atoms with Crippen molar-refractivity contribution in [2.24, 2.45) is 34.0 Å². The summed E-state index contributed by atoms with van der Waals surface area (Å²) in [7, 11) is 0. The molecule has 3 saturated carbocycles. The molecule has 0 radical (unpaired) electrons. The van der Waals surface area contributed by atoms with E-state index < -0.39 is 11.5 Å². The molecule has 0 amide bonds. The number of ether oxygens (including phenoxy) is 2. The van der Waals surface area contributed by atoms with E-state index in [1.165, 1.54) is 0 Å². The molecule has 2 bridgehead atoms. The quantitative estimate of drug-likeness (QED) is 0.456. The summed E-state index contributed by atoms with van der Waals surface area (Å²) >= 11 is 0. The van der Waals surface area contributed by atoms with Crippen molar-refractivity contribution >= 4 is 5.78 Å². The highest BCUT2D eigenvalue weighted by Gasteiger charge is 2.68. The molecule has 2 N–H and O–H groups in total. The number of hydrogen-bond acceptors (Lipinski definition) is 5. The van der Waals surface area contributed by atoms with E-state index >= 15 is 0 Å². The minimum atomic E-state index is -0.657. The van der Waals surface area contributed by atoms with E-state index in [0.717, 1.165) is 31.2 Å². The third-order valence-corrected chi connectivity index (χ3v) is 10.1. The molecule has 1 aromatic carbocycles. The number of hydrogen-bond donors (Lipinski definition) is 2. The first kappa shape index (κ1) is 24.8. The van der Waals surface area contributed by atoms with Gasteiger partial charge in [-0.1, -0.05) is 58.0 Å². The number of carbonyl (C=O) groups is 1. The zero-order valence-electron chi connectivity index (χ0n) is 20.8. The van der Waals surface area contributed by atoms with Crippen LogP contribution in [0.2, 0.25) is 0 Å². The predicted molar refractivity (Wildman–Crippen MR) is 127 cm³/mol. The van der Waals surface area contributed by atoms with E-state index in [-0.39, 0.29) is 53.9 Å².